The molecule has 1 N–H and O–H groups in total. The highest BCUT2D eigenvalue weighted by molar-refractivity contribution is 5.68. The lowest BCUT2D eigenvalue weighted by molar-refractivity contribution is 0.0205. The van der Waals surface area contributed by atoms with E-state index in [2.05, 4.69) is 26.2 Å². The van der Waals surface area contributed by atoms with Gasteiger partial charge in [-0.1, -0.05) is 6.07 Å². The van der Waals surface area contributed by atoms with Gasteiger partial charge in [-0.2, -0.15) is 5.10 Å². The van der Waals surface area contributed by atoms with Crippen LogP contribution in [-0.4, -0.2) is 49.8 Å². The van der Waals surface area contributed by atoms with Crippen LogP contribution in [0.4, 0.5) is 4.79 Å². The minimum Gasteiger partial charge on any atom is -0.487 e. The normalized spacial score (nSPS) is 14.9. The minimum absolute atomic E-state index is 0.226. The zero-order chi connectivity index (χ0) is 22.6. The maximum Gasteiger partial charge on any atom is 0.410 e. The lowest BCUT2D eigenvalue weighted by atomic mass is 9.90. The van der Waals surface area contributed by atoms with E-state index in [9.17, 15) is 4.79 Å². The third-order valence-electron chi connectivity index (χ3n) is 5.40. The predicted octanol–water partition coefficient (Wildman–Crippen LogP) is 4.56. The van der Waals surface area contributed by atoms with Crippen LogP contribution in [-0.2, 0) is 11.3 Å². The van der Waals surface area contributed by atoms with Crippen LogP contribution in [0.5, 0.6) is 5.75 Å². The first-order valence-corrected chi connectivity index (χ1v) is 10.9. The molecule has 3 heterocycles. The van der Waals surface area contributed by atoms with Gasteiger partial charge in [0.1, 0.15) is 24.3 Å². The molecular weight excluding hydrogens is 406 g/mol. The van der Waals surface area contributed by atoms with Gasteiger partial charge < -0.3 is 14.4 Å². The topological polar surface area (TPSA) is 93.2 Å². The summed E-state index contributed by atoms with van der Waals surface area (Å²) in [4.78, 5) is 22.8. The Morgan fingerprint density at radius 2 is 1.84 bits per heavy atom. The number of amides is 1. The summed E-state index contributed by atoms with van der Waals surface area (Å²) in [5, 5.41) is 6.71. The van der Waals surface area contributed by atoms with Crippen LogP contribution in [0.15, 0.2) is 48.9 Å². The Morgan fingerprint density at radius 3 is 2.44 bits per heavy atom. The molecule has 168 valence electrons. The summed E-state index contributed by atoms with van der Waals surface area (Å²) in [7, 11) is 0. The van der Waals surface area contributed by atoms with Crippen LogP contribution < -0.4 is 4.74 Å². The van der Waals surface area contributed by atoms with E-state index in [0.717, 1.165) is 35.7 Å². The van der Waals surface area contributed by atoms with E-state index in [0.29, 0.717) is 25.6 Å². The number of benzene rings is 1. The molecule has 0 unspecified atom stereocenters. The molecule has 0 bridgehead atoms. The van der Waals surface area contributed by atoms with Gasteiger partial charge in [0.05, 0.1) is 5.69 Å². The number of aromatic amines is 1. The number of piperidine rings is 1. The van der Waals surface area contributed by atoms with E-state index in [-0.39, 0.29) is 6.09 Å². The quantitative estimate of drug-likeness (QED) is 0.631. The van der Waals surface area contributed by atoms with Crippen molar-refractivity contribution in [3.63, 3.8) is 0 Å². The second-order valence-corrected chi connectivity index (χ2v) is 8.97. The number of rotatable bonds is 5. The van der Waals surface area contributed by atoms with E-state index in [1.54, 1.807) is 4.90 Å². The maximum atomic E-state index is 12.2. The molecule has 1 aromatic carbocycles. The molecule has 0 saturated carbocycles. The summed E-state index contributed by atoms with van der Waals surface area (Å²) in [5.74, 6) is 1.90. The van der Waals surface area contributed by atoms with Gasteiger partial charge in [0, 0.05) is 24.8 Å². The van der Waals surface area contributed by atoms with E-state index >= 15 is 0 Å². The average molecular weight is 436 g/mol. The van der Waals surface area contributed by atoms with Crippen LogP contribution in [0, 0.1) is 0 Å². The van der Waals surface area contributed by atoms with Gasteiger partial charge in [-0.3, -0.25) is 10.1 Å². The maximum absolute atomic E-state index is 12.2. The van der Waals surface area contributed by atoms with Gasteiger partial charge >= 0.3 is 6.09 Å². The molecule has 3 aromatic rings. The van der Waals surface area contributed by atoms with Crippen LogP contribution in [0.3, 0.4) is 0 Å². The molecule has 32 heavy (non-hydrogen) atoms. The van der Waals surface area contributed by atoms with Crippen molar-refractivity contribution < 1.29 is 14.3 Å². The summed E-state index contributed by atoms with van der Waals surface area (Å²) in [6, 6.07) is 11.8. The molecule has 0 spiro atoms. The molecular formula is C24H29N5O3. The molecule has 1 amide bonds. The summed E-state index contributed by atoms with van der Waals surface area (Å²) in [6.45, 7) is 7.48. The van der Waals surface area contributed by atoms with Crippen molar-refractivity contribution in [2.24, 2.45) is 0 Å². The summed E-state index contributed by atoms with van der Waals surface area (Å²) >= 11 is 0. The van der Waals surface area contributed by atoms with Gasteiger partial charge in [0.25, 0.3) is 0 Å². The second-order valence-electron chi connectivity index (χ2n) is 8.97. The molecule has 0 radical (unpaired) electrons. The van der Waals surface area contributed by atoms with Crippen molar-refractivity contribution >= 4 is 6.09 Å². The van der Waals surface area contributed by atoms with Crippen molar-refractivity contribution in [3.8, 4) is 17.1 Å². The molecule has 1 aliphatic rings. The fourth-order valence-electron chi connectivity index (χ4n) is 3.70. The highest BCUT2D eigenvalue weighted by Gasteiger charge is 2.27. The first kappa shape index (κ1) is 21.8. The molecule has 2 aromatic heterocycles. The Kier molecular flexibility index (Phi) is 6.39. The highest BCUT2D eigenvalue weighted by atomic mass is 16.6. The van der Waals surface area contributed by atoms with Crippen molar-refractivity contribution in [1.29, 1.82) is 0 Å². The number of carbonyl (C=O) groups is 1. The third-order valence-corrected chi connectivity index (χ3v) is 5.40. The first-order valence-electron chi connectivity index (χ1n) is 10.9. The Hall–Kier alpha value is -3.42. The van der Waals surface area contributed by atoms with Crippen molar-refractivity contribution in [3.05, 3.63) is 60.2 Å². The monoisotopic (exact) mass is 435 g/mol. The summed E-state index contributed by atoms with van der Waals surface area (Å²) in [6.07, 6.45) is 5.01. The number of carbonyl (C=O) groups excluding carboxylic acids is 1. The van der Waals surface area contributed by atoms with E-state index in [4.69, 9.17) is 9.47 Å². The van der Waals surface area contributed by atoms with Crippen molar-refractivity contribution in [2.75, 3.05) is 13.1 Å². The number of pyridine rings is 1. The molecule has 1 aliphatic heterocycles. The van der Waals surface area contributed by atoms with Gasteiger partial charge in [0.2, 0.25) is 0 Å². The summed E-state index contributed by atoms with van der Waals surface area (Å²) < 4.78 is 11.3. The Bertz CT molecular complexity index is 1000. The van der Waals surface area contributed by atoms with Gasteiger partial charge in [-0.25, -0.2) is 9.78 Å². The van der Waals surface area contributed by atoms with Crippen LogP contribution in [0.1, 0.15) is 50.8 Å². The minimum atomic E-state index is -0.464. The van der Waals surface area contributed by atoms with Crippen LogP contribution in [0.2, 0.25) is 0 Å². The molecule has 8 nitrogen and oxygen atoms in total. The molecule has 0 aliphatic carbocycles. The zero-order valence-electron chi connectivity index (χ0n) is 18.7. The van der Waals surface area contributed by atoms with Gasteiger partial charge in [-0.05, 0) is 75.4 Å². The lowest BCUT2D eigenvalue weighted by Crippen LogP contribution is -2.41. The Morgan fingerprint density at radius 1 is 1.09 bits per heavy atom. The predicted molar refractivity (Wildman–Crippen MR) is 120 cm³/mol. The largest absolute Gasteiger partial charge is 0.487 e. The lowest BCUT2D eigenvalue weighted by Gasteiger charge is -2.33. The number of aromatic nitrogens is 4. The number of likely N-dealkylation sites (tertiary alicyclic amines) is 1. The Labute approximate surface area is 188 Å². The molecule has 1 fully saturated rings. The Balaban J connectivity index is 1.26. The fourth-order valence-corrected chi connectivity index (χ4v) is 3.70. The first-order chi connectivity index (χ1) is 15.4. The van der Waals surface area contributed by atoms with E-state index in [1.807, 2.05) is 57.3 Å². The zero-order valence-corrected chi connectivity index (χ0v) is 18.7. The molecule has 8 heteroatoms. The van der Waals surface area contributed by atoms with Gasteiger partial charge in [0.15, 0.2) is 5.82 Å². The third kappa shape index (κ3) is 5.63. The fraction of sp³-hybridized carbons (Fsp3) is 0.417. The van der Waals surface area contributed by atoms with Gasteiger partial charge in [-0.15, -0.1) is 0 Å². The van der Waals surface area contributed by atoms with E-state index in [1.165, 1.54) is 11.9 Å². The second kappa shape index (κ2) is 9.38. The number of hydrogen-bond acceptors (Lipinski definition) is 6. The number of ether oxygens (including phenoxy) is 2. The number of hydrogen-bond donors (Lipinski definition) is 1. The van der Waals surface area contributed by atoms with E-state index < -0.39 is 5.60 Å². The standard InChI is InChI=1S/C24H29N5O3/c1-24(2,3)32-23(30)29-12-10-17(11-13-29)19-4-7-20(25-14-19)15-31-21-8-5-18(6-9-21)22-26-16-27-28-22/h4-9,14,16-17H,10-13,15H2,1-3H3,(H,26,27,28). The number of H-pyrrole nitrogens is 1. The van der Waals surface area contributed by atoms with Crippen molar-refractivity contribution in [1.82, 2.24) is 25.1 Å². The molecule has 1 saturated heterocycles. The number of nitrogens with one attached hydrogen (secondary N) is 1. The molecule has 4 rings (SSSR count). The smallest absolute Gasteiger partial charge is 0.410 e. The number of nitrogens with zero attached hydrogens (tertiary/aromatic N) is 4. The highest BCUT2D eigenvalue weighted by Crippen LogP contribution is 2.28. The summed E-state index contributed by atoms with van der Waals surface area (Å²) in [5.41, 5.74) is 2.57. The van der Waals surface area contributed by atoms with Crippen molar-refractivity contribution in [2.45, 2.75) is 51.7 Å². The SMILES string of the molecule is CC(C)(C)OC(=O)N1CCC(c2ccc(COc3ccc(-c4ncn[nH]4)cc3)nc2)CC1. The molecule has 0 atom stereocenters. The van der Waals surface area contributed by atoms with Crippen LogP contribution in [0.25, 0.3) is 11.4 Å². The van der Waals surface area contributed by atoms with Crippen LogP contribution >= 0.6 is 0 Å². The average Bonchev–Trinajstić information content (AvgIpc) is 3.32.